The molecule has 2 heterocycles. The molecule has 1 aliphatic heterocycles. The zero-order valence-electron chi connectivity index (χ0n) is 19.4. The molecule has 0 unspecified atom stereocenters. The second-order valence-corrected chi connectivity index (χ2v) is 9.62. The van der Waals surface area contributed by atoms with Crippen molar-refractivity contribution in [1.82, 2.24) is 14.9 Å². The standard InChI is InChI=1S/C28H29N3O2S/c1-33-27(32)25-12-5-3-8-23(25)19-34-28-30-26(21-13-15-29-16-14-21)18-31(28)17-22-10-6-9-20-7-2-4-11-24(20)22/h2-12,18,21,29H,13-17,19H2,1H3. The Hall–Kier alpha value is -3.09. The first kappa shape index (κ1) is 22.7. The van der Waals surface area contributed by atoms with Gasteiger partial charge in [0.1, 0.15) is 0 Å². The van der Waals surface area contributed by atoms with Gasteiger partial charge in [0, 0.05) is 17.9 Å². The van der Waals surface area contributed by atoms with Crippen molar-refractivity contribution in [2.75, 3.05) is 20.2 Å². The van der Waals surface area contributed by atoms with E-state index in [1.54, 1.807) is 11.8 Å². The van der Waals surface area contributed by atoms with Crippen molar-refractivity contribution >= 4 is 28.5 Å². The Morgan fingerprint density at radius 3 is 2.62 bits per heavy atom. The van der Waals surface area contributed by atoms with Crippen LogP contribution < -0.4 is 5.32 Å². The molecular weight excluding hydrogens is 442 g/mol. The van der Waals surface area contributed by atoms with E-state index < -0.39 is 0 Å². The van der Waals surface area contributed by atoms with Gasteiger partial charge in [0.25, 0.3) is 0 Å². The SMILES string of the molecule is COC(=O)c1ccccc1CSc1nc(C2CCNCC2)cn1Cc1cccc2ccccc12. The van der Waals surface area contributed by atoms with Crippen LogP contribution >= 0.6 is 11.8 Å². The summed E-state index contributed by atoms with van der Waals surface area (Å²) in [5, 5.41) is 6.96. The summed E-state index contributed by atoms with van der Waals surface area (Å²) in [5.41, 5.74) is 4.03. The smallest absolute Gasteiger partial charge is 0.338 e. The predicted octanol–water partition coefficient (Wildman–Crippen LogP) is 5.63. The number of rotatable bonds is 7. The molecule has 3 aromatic carbocycles. The van der Waals surface area contributed by atoms with Crippen LogP contribution in [0.3, 0.4) is 0 Å². The van der Waals surface area contributed by atoms with Crippen molar-refractivity contribution in [3.05, 3.63) is 95.3 Å². The van der Waals surface area contributed by atoms with Gasteiger partial charge < -0.3 is 14.6 Å². The third kappa shape index (κ3) is 4.88. The molecule has 34 heavy (non-hydrogen) atoms. The predicted molar refractivity (Wildman–Crippen MR) is 137 cm³/mol. The Balaban J connectivity index is 1.46. The van der Waals surface area contributed by atoms with E-state index >= 15 is 0 Å². The number of methoxy groups -OCH3 is 1. The average molecular weight is 472 g/mol. The summed E-state index contributed by atoms with van der Waals surface area (Å²) in [6.45, 7) is 2.84. The molecule has 0 amide bonds. The van der Waals surface area contributed by atoms with Crippen LogP contribution in [-0.2, 0) is 17.0 Å². The number of hydrogen-bond acceptors (Lipinski definition) is 5. The van der Waals surface area contributed by atoms with E-state index in [1.807, 2.05) is 24.3 Å². The van der Waals surface area contributed by atoms with Crippen LogP contribution in [-0.4, -0.2) is 35.7 Å². The van der Waals surface area contributed by atoms with Gasteiger partial charge in [-0.2, -0.15) is 0 Å². The zero-order chi connectivity index (χ0) is 23.3. The Morgan fingerprint density at radius 1 is 1.03 bits per heavy atom. The van der Waals surface area contributed by atoms with E-state index in [2.05, 4.69) is 58.5 Å². The molecule has 1 aliphatic rings. The second kappa shape index (κ2) is 10.5. The highest BCUT2D eigenvalue weighted by Crippen LogP contribution is 2.31. The quantitative estimate of drug-likeness (QED) is 0.280. The number of hydrogen-bond donors (Lipinski definition) is 1. The molecule has 4 aromatic rings. The minimum atomic E-state index is -0.300. The van der Waals surface area contributed by atoms with Crippen molar-refractivity contribution in [2.45, 2.75) is 36.2 Å². The van der Waals surface area contributed by atoms with Crippen molar-refractivity contribution in [1.29, 1.82) is 0 Å². The van der Waals surface area contributed by atoms with E-state index in [0.717, 1.165) is 43.2 Å². The van der Waals surface area contributed by atoms with E-state index in [-0.39, 0.29) is 5.97 Å². The van der Waals surface area contributed by atoms with Crippen molar-refractivity contribution in [3.8, 4) is 0 Å². The maximum absolute atomic E-state index is 12.2. The van der Waals surface area contributed by atoms with Gasteiger partial charge in [0.15, 0.2) is 5.16 Å². The molecule has 0 spiro atoms. The first-order valence-electron chi connectivity index (χ1n) is 11.8. The van der Waals surface area contributed by atoms with Crippen LogP contribution in [0.4, 0.5) is 0 Å². The van der Waals surface area contributed by atoms with Gasteiger partial charge in [-0.25, -0.2) is 9.78 Å². The van der Waals surface area contributed by atoms with Crippen LogP contribution in [0.25, 0.3) is 10.8 Å². The van der Waals surface area contributed by atoms with Gasteiger partial charge in [-0.1, -0.05) is 72.4 Å². The molecule has 5 nitrogen and oxygen atoms in total. The molecule has 0 atom stereocenters. The summed E-state index contributed by atoms with van der Waals surface area (Å²) < 4.78 is 7.26. The molecule has 6 heteroatoms. The van der Waals surface area contributed by atoms with Crippen molar-refractivity contribution in [2.24, 2.45) is 0 Å². The van der Waals surface area contributed by atoms with Crippen LogP contribution in [0.1, 0.15) is 45.9 Å². The normalized spacial score (nSPS) is 14.4. The van der Waals surface area contributed by atoms with Crippen LogP contribution in [0.2, 0.25) is 0 Å². The lowest BCUT2D eigenvalue weighted by atomic mass is 9.95. The third-order valence-electron chi connectivity index (χ3n) is 6.52. The average Bonchev–Trinajstić information content (AvgIpc) is 3.30. The van der Waals surface area contributed by atoms with Crippen LogP contribution in [0.15, 0.2) is 78.1 Å². The Bertz CT molecular complexity index is 1290. The Labute approximate surface area is 204 Å². The highest BCUT2D eigenvalue weighted by atomic mass is 32.2. The topological polar surface area (TPSA) is 56.1 Å². The van der Waals surface area contributed by atoms with E-state index in [1.165, 1.54) is 29.1 Å². The lowest BCUT2D eigenvalue weighted by Crippen LogP contribution is -2.26. The summed E-state index contributed by atoms with van der Waals surface area (Å²) in [6.07, 6.45) is 4.47. The maximum atomic E-state index is 12.2. The minimum absolute atomic E-state index is 0.300. The largest absolute Gasteiger partial charge is 0.465 e. The molecule has 0 saturated carbocycles. The first-order valence-corrected chi connectivity index (χ1v) is 12.7. The summed E-state index contributed by atoms with van der Waals surface area (Å²) in [5.74, 6) is 0.839. The number of fused-ring (bicyclic) bond motifs is 1. The summed E-state index contributed by atoms with van der Waals surface area (Å²) >= 11 is 1.68. The van der Waals surface area contributed by atoms with E-state index in [9.17, 15) is 4.79 Å². The number of ether oxygens (including phenoxy) is 1. The monoisotopic (exact) mass is 471 g/mol. The van der Waals surface area contributed by atoms with Gasteiger partial charge >= 0.3 is 5.97 Å². The molecule has 5 rings (SSSR count). The molecule has 1 fully saturated rings. The number of carbonyl (C=O) groups is 1. The Kier molecular flexibility index (Phi) is 6.97. The first-order chi connectivity index (χ1) is 16.7. The number of nitrogens with one attached hydrogen (secondary N) is 1. The number of benzene rings is 3. The zero-order valence-corrected chi connectivity index (χ0v) is 20.2. The van der Waals surface area contributed by atoms with Gasteiger partial charge in [-0.15, -0.1) is 0 Å². The number of aromatic nitrogens is 2. The van der Waals surface area contributed by atoms with Crippen molar-refractivity contribution < 1.29 is 9.53 Å². The molecule has 0 bridgehead atoms. The molecule has 0 aliphatic carbocycles. The van der Waals surface area contributed by atoms with E-state index in [0.29, 0.717) is 17.2 Å². The highest BCUT2D eigenvalue weighted by Gasteiger charge is 2.21. The summed E-state index contributed by atoms with van der Waals surface area (Å²) in [7, 11) is 1.43. The summed E-state index contributed by atoms with van der Waals surface area (Å²) in [4.78, 5) is 17.3. The van der Waals surface area contributed by atoms with Crippen LogP contribution in [0, 0.1) is 0 Å². The summed E-state index contributed by atoms with van der Waals surface area (Å²) in [6, 6.07) is 22.7. The fourth-order valence-corrected chi connectivity index (χ4v) is 5.66. The molecule has 1 saturated heterocycles. The highest BCUT2D eigenvalue weighted by molar-refractivity contribution is 7.98. The molecular formula is C28H29N3O2S. The maximum Gasteiger partial charge on any atom is 0.338 e. The molecule has 1 N–H and O–H groups in total. The number of thioether (sulfide) groups is 1. The van der Waals surface area contributed by atoms with Gasteiger partial charge in [0.2, 0.25) is 0 Å². The lowest BCUT2D eigenvalue weighted by molar-refractivity contribution is 0.0600. The number of piperidine rings is 1. The fraction of sp³-hybridized carbons (Fsp3) is 0.286. The Morgan fingerprint density at radius 2 is 1.76 bits per heavy atom. The van der Waals surface area contributed by atoms with Gasteiger partial charge in [0.05, 0.1) is 24.9 Å². The third-order valence-corrected chi connectivity index (χ3v) is 7.56. The lowest BCUT2D eigenvalue weighted by Gasteiger charge is -2.20. The second-order valence-electron chi connectivity index (χ2n) is 8.68. The van der Waals surface area contributed by atoms with Crippen molar-refractivity contribution in [3.63, 3.8) is 0 Å². The number of nitrogens with zero attached hydrogens (tertiary/aromatic N) is 2. The van der Waals surface area contributed by atoms with Crippen LogP contribution in [0.5, 0.6) is 0 Å². The fourth-order valence-electron chi connectivity index (χ4n) is 4.67. The number of imidazole rings is 1. The van der Waals surface area contributed by atoms with Gasteiger partial charge in [-0.05, 0) is 53.9 Å². The number of carbonyl (C=O) groups excluding carboxylic acids is 1. The molecule has 1 aromatic heterocycles. The van der Waals surface area contributed by atoms with E-state index in [4.69, 9.17) is 9.72 Å². The molecule has 0 radical (unpaired) electrons. The number of esters is 1. The minimum Gasteiger partial charge on any atom is -0.465 e. The van der Waals surface area contributed by atoms with Gasteiger partial charge in [-0.3, -0.25) is 0 Å². The molecule has 174 valence electrons.